The van der Waals surface area contributed by atoms with E-state index < -0.39 is 37.2 Å². The van der Waals surface area contributed by atoms with Gasteiger partial charge >= 0.3 is 10.1 Å². The van der Waals surface area contributed by atoms with Crippen molar-refractivity contribution in [2.24, 2.45) is 0 Å². The first-order valence-corrected chi connectivity index (χ1v) is 6.59. The lowest BCUT2D eigenvalue weighted by molar-refractivity contribution is 0.473. The van der Waals surface area contributed by atoms with Crippen molar-refractivity contribution < 1.29 is 25.9 Å². The van der Waals surface area contributed by atoms with Crippen LogP contribution in [0, 0.1) is 0 Å². The minimum atomic E-state index is -4.59. The molecule has 12 heteroatoms. The van der Waals surface area contributed by atoms with Crippen molar-refractivity contribution in [3.8, 4) is 0 Å². The molecule has 1 aromatic heterocycles. The summed E-state index contributed by atoms with van der Waals surface area (Å²) in [7, 11) is -8.89. The molecule has 0 fully saturated rings. The Balaban J connectivity index is 2.92. The summed E-state index contributed by atoms with van der Waals surface area (Å²) < 4.78 is 58.8. The van der Waals surface area contributed by atoms with Crippen molar-refractivity contribution in [2.45, 2.75) is 5.16 Å². The van der Waals surface area contributed by atoms with Crippen LogP contribution < -0.4 is 5.32 Å². The largest absolute Gasteiger partial charge is 0.338 e. The van der Waals surface area contributed by atoms with Crippen LogP contribution in [-0.2, 0) is 20.2 Å². The third-order valence-corrected chi connectivity index (χ3v) is 2.36. The Morgan fingerprint density at radius 2 is 1.81 bits per heavy atom. The van der Waals surface area contributed by atoms with Crippen molar-refractivity contribution in [1.82, 2.24) is 15.0 Å². The van der Waals surface area contributed by atoms with Crippen LogP contribution >= 0.6 is 0 Å². The van der Waals surface area contributed by atoms with E-state index in [-0.39, 0.29) is 0 Å². The van der Waals surface area contributed by atoms with Gasteiger partial charge in [0.1, 0.15) is 12.2 Å². The Morgan fingerprint density at radius 1 is 1.19 bits per heavy atom. The molecule has 0 aromatic carbocycles. The Labute approximate surface area is 90.3 Å². The number of hydrogen-bond acceptors (Lipinski definition) is 8. The van der Waals surface area contributed by atoms with Crippen molar-refractivity contribution in [3.63, 3.8) is 0 Å². The maximum Gasteiger partial charge on any atom is 0.330 e. The molecule has 90 valence electrons. The second kappa shape index (κ2) is 4.25. The van der Waals surface area contributed by atoms with Gasteiger partial charge in [0.25, 0.3) is 15.3 Å². The van der Waals surface area contributed by atoms with Gasteiger partial charge in [-0.25, -0.2) is 9.97 Å². The van der Waals surface area contributed by atoms with Crippen molar-refractivity contribution in [1.29, 1.82) is 0 Å². The third-order valence-electron chi connectivity index (χ3n) is 1.19. The molecule has 10 nitrogen and oxygen atoms in total. The average Bonchev–Trinajstić information content (AvgIpc) is 2.13. The lowest BCUT2D eigenvalue weighted by Crippen LogP contribution is -2.16. The van der Waals surface area contributed by atoms with Gasteiger partial charge in [-0.2, -0.15) is 21.8 Å². The van der Waals surface area contributed by atoms with E-state index in [4.69, 9.17) is 9.11 Å². The van der Waals surface area contributed by atoms with E-state index in [2.05, 4.69) is 15.0 Å². The standard InChI is InChI=1S/C4H6N4O6S2/c9-15(10,11)2-7-3-5-1-6-4(8-3)16(12,13)14/h1H,2H2,(H,9,10,11)(H,12,13,14)(H,5,6,7,8). The van der Waals surface area contributed by atoms with Gasteiger partial charge in [-0.15, -0.1) is 0 Å². The van der Waals surface area contributed by atoms with Crippen molar-refractivity contribution in [2.75, 3.05) is 11.2 Å². The molecular formula is C4H6N4O6S2. The molecule has 0 atom stereocenters. The predicted molar refractivity (Wildman–Crippen MR) is 49.7 cm³/mol. The minimum absolute atomic E-state index is 0.416. The van der Waals surface area contributed by atoms with Gasteiger partial charge in [-0.1, -0.05) is 0 Å². The maximum absolute atomic E-state index is 10.6. The number of anilines is 1. The van der Waals surface area contributed by atoms with E-state index in [1.54, 1.807) is 0 Å². The molecule has 0 aliphatic heterocycles. The lowest BCUT2D eigenvalue weighted by Gasteiger charge is -2.02. The lowest BCUT2D eigenvalue weighted by atomic mass is 10.9. The molecule has 0 aliphatic carbocycles. The van der Waals surface area contributed by atoms with E-state index in [1.165, 1.54) is 0 Å². The number of nitrogens with one attached hydrogen (secondary N) is 1. The van der Waals surface area contributed by atoms with Gasteiger partial charge < -0.3 is 5.32 Å². The summed E-state index contributed by atoms with van der Waals surface area (Å²) >= 11 is 0. The first-order chi connectivity index (χ1) is 7.18. The number of rotatable bonds is 4. The zero-order chi connectivity index (χ0) is 12.4. The molecular weight excluding hydrogens is 264 g/mol. The molecule has 16 heavy (non-hydrogen) atoms. The van der Waals surface area contributed by atoms with E-state index in [1.807, 2.05) is 5.32 Å². The quantitative estimate of drug-likeness (QED) is 0.542. The van der Waals surface area contributed by atoms with Crippen LogP contribution in [0.15, 0.2) is 11.5 Å². The van der Waals surface area contributed by atoms with E-state index in [9.17, 15) is 16.8 Å². The third kappa shape index (κ3) is 4.01. The van der Waals surface area contributed by atoms with Gasteiger partial charge in [0.15, 0.2) is 0 Å². The van der Waals surface area contributed by atoms with Gasteiger partial charge in [0, 0.05) is 0 Å². The van der Waals surface area contributed by atoms with Gasteiger partial charge in [-0.3, -0.25) is 9.11 Å². The molecule has 1 rings (SSSR count). The van der Waals surface area contributed by atoms with E-state index >= 15 is 0 Å². The molecule has 0 saturated heterocycles. The second-order valence-corrected chi connectivity index (χ2v) is 5.24. The highest BCUT2D eigenvalue weighted by atomic mass is 32.2. The second-order valence-electron chi connectivity index (χ2n) is 2.47. The highest BCUT2D eigenvalue weighted by Crippen LogP contribution is 2.02. The Hall–Kier alpha value is -1.37. The van der Waals surface area contributed by atoms with Gasteiger partial charge in [0.05, 0.1) is 0 Å². The first-order valence-electron chi connectivity index (χ1n) is 3.54. The summed E-state index contributed by atoms with van der Waals surface area (Å²) in [5, 5.41) is 1.09. The SMILES string of the molecule is O=S(=O)(O)CNc1ncnc(S(=O)(=O)O)n1. The predicted octanol–water partition coefficient (Wildman–Crippen LogP) is -1.62. The van der Waals surface area contributed by atoms with Crippen molar-refractivity contribution in [3.05, 3.63) is 6.33 Å². The van der Waals surface area contributed by atoms with E-state index in [0.717, 1.165) is 6.33 Å². The number of aromatic nitrogens is 3. The highest BCUT2D eigenvalue weighted by Gasteiger charge is 2.15. The molecule has 0 unspecified atom stereocenters. The maximum atomic E-state index is 10.6. The topological polar surface area (TPSA) is 159 Å². The summed E-state index contributed by atoms with van der Waals surface area (Å²) in [5.74, 6) is -1.32. The molecule has 0 radical (unpaired) electrons. The zero-order valence-electron chi connectivity index (χ0n) is 7.47. The molecule has 0 bridgehead atoms. The number of nitrogens with zero attached hydrogens (tertiary/aromatic N) is 3. The summed E-state index contributed by atoms with van der Waals surface area (Å²) in [5.41, 5.74) is 0. The van der Waals surface area contributed by atoms with E-state index in [0.29, 0.717) is 0 Å². The summed E-state index contributed by atoms with van der Waals surface area (Å²) in [6.07, 6.45) is 0.752. The van der Waals surface area contributed by atoms with Crippen LogP contribution in [0.3, 0.4) is 0 Å². The van der Waals surface area contributed by atoms with Gasteiger partial charge in [-0.05, 0) is 0 Å². The summed E-state index contributed by atoms with van der Waals surface area (Å²) in [6, 6.07) is 0. The fourth-order valence-corrected chi connectivity index (χ4v) is 1.34. The Bertz CT molecular complexity index is 580. The molecule has 0 aliphatic rings. The van der Waals surface area contributed by atoms with Crippen LogP contribution in [0.25, 0.3) is 0 Å². The molecule has 1 heterocycles. The molecule has 0 saturated carbocycles. The zero-order valence-corrected chi connectivity index (χ0v) is 9.10. The van der Waals surface area contributed by atoms with Crippen LogP contribution in [0.1, 0.15) is 0 Å². The number of hydrogen-bond donors (Lipinski definition) is 3. The normalized spacial score (nSPS) is 12.4. The monoisotopic (exact) mass is 270 g/mol. The molecule has 0 spiro atoms. The fraction of sp³-hybridized carbons (Fsp3) is 0.250. The smallest absolute Gasteiger partial charge is 0.330 e. The highest BCUT2D eigenvalue weighted by molar-refractivity contribution is 7.86. The Morgan fingerprint density at radius 3 is 2.31 bits per heavy atom. The summed E-state index contributed by atoms with van der Waals surface area (Å²) in [6.45, 7) is 0. The fourth-order valence-electron chi connectivity index (χ4n) is 0.646. The molecule has 3 N–H and O–H groups in total. The van der Waals surface area contributed by atoms with Gasteiger partial charge in [0.2, 0.25) is 5.95 Å². The molecule has 0 amide bonds. The van der Waals surface area contributed by atoms with Crippen molar-refractivity contribution >= 4 is 26.2 Å². The van der Waals surface area contributed by atoms with Crippen LogP contribution in [0.2, 0.25) is 0 Å². The minimum Gasteiger partial charge on any atom is -0.338 e. The summed E-state index contributed by atoms with van der Waals surface area (Å²) in [4.78, 5) is 9.71. The average molecular weight is 270 g/mol. The molecule has 1 aromatic rings. The van der Waals surface area contributed by atoms with Crippen LogP contribution in [-0.4, -0.2) is 46.8 Å². The van der Waals surface area contributed by atoms with Crippen LogP contribution in [0.5, 0.6) is 0 Å². The van der Waals surface area contributed by atoms with Crippen LogP contribution in [0.4, 0.5) is 5.95 Å². The Kier molecular flexibility index (Phi) is 3.37. The first kappa shape index (κ1) is 12.7.